The highest BCUT2D eigenvalue weighted by molar-refractivity contribution is 5.77. The molecule has 1 saturated heterocycles. The van der Waals surface area contributed by atoms with E-state index in [9.17, 15) is 9.59 Å². The van der Waals surface area contributed by atoms with Crippen LogP contribution in [0.4, 0.5) is 10.7 Å². The first-order valence-corrected chi connectivity index (χ1v) is 9.95. The van der Waals surface area contributed by atoms with Crippen molar-refractivity contribution in [3.63, 3.8) is 0 Å². The van der Waals surface area contributed by atoms with E-state index in [1.165, 1.54) is 0 Å². The summed E-state index contributed by atoms with van der Waals surface area (Å²) >= 11 is 0. The van der Waals surface area contributed by atoms with Crippen molar-refractivity contribution >= 4 is 17.9 Å². The Bertz CT molecular complexity index is 877. The van der Waals surface area contributed by atoms with E-state index in [2.05, 4.69) is 14.9 Å². The summed E-state index contributed by atoms with van der Waals surface area (Å²) in [5, 5.41) is 0. The minimum absolute atomic E-state index is 0.00303. The number of benzene rings is 1. The molecule has 0 aliphatic carbocycles. The molecule has 2 N–H and O–H groups in total. The molecule has 0 spiro atoms. The summed E-state index contributed by atoms with van der Waals surface area (Å²) in [6, 6.07) is 8.00. The highest BCUT2D eigenvalue weighted by atomic mass is 16.2. The summed E-state index contributed by atoms with van der Waals surface area (Å²) in [6.07, 6.45) is 3.63. The predicted molar refractivity (Wildman–Crippen MR) is 116 cm³/mol. The molecular weight excluding hydrogens is 382 g/mol. The average Bonchev–Trinajstić information content (AvgIpc) is 2.78. The van der Waals surface area contributed by atoms with Crippen LogP contribution in [-0.2, 0) is 11.3 Å². The number of carbonyl (C=O) groups excluding carboxylic acids is 2. The normalized spacial score (nSPS) is 13.9. The van der Waals surface area contributed by atoms with Crippen LogP contribution in [0.2, 0.25) is 0 Å². The third kappa shape index (κ3) is 5.04. The van der Waals surface area contributed by atoms with Gasteiger partial charge >= 0.3 is 6.03 Å². The van der Waals surface area contributed by atoms with Crippen molar-refractivity contribution < 1.29 is 9.59 Å². The van der Waals surface area contributed by atoms with E-state index < -0.39 is 0 Å². The first-order valence-electron chi connectivity index (χ1n) is 9.95. The Labute approximate surface area is 177 Å². The number of carbonyl (C=O) groups is 2. The lowest BCUT2D eigenvalue weighted by Gasteiger charge is -2.35. The van der Waals surface area contributed by atoms with Gasteiger partial charge in [-0.2, -0.15) is 0 Å². The summed E-state index contributed by atoms with van der Waals surface area (Å²) in [5.74, 6) is 0.570. The molecule has 1 fully saturated rings. The number of piperazine rings is 1. The van der Waals surface area contributed by atoms with Crippen LogP contribution in [0.1, 0.15) is 5.56 Å². The fourth-order valence-electron chi connectivity index (χ4n) is 3.38. The summed E-state index contributed by atoms with van der Waals surface area (Å²) in [5.41, 5.74) is 8.35. The topological polar surface area (TPSA) is 98.9 Å². The summed E-state index contributed by atoms with van der Waals surface area (Å²) in [4.78, 5) is 40.0. The van der Waals surface area contributed by atoms with Gasteiger partial charge in [0.25, 0.3) is 0 Å². The Balaban J connectivity index is 1.64. The van der Waals surface area contributed by atoms with Crippen LogP contribution < -0.4 is 10.6 Å². The highest BCUT2D eigenvalue weighted by Gasteiger charge is 2.23. The summed E-state index contributed by atoms with van der Waals surface area (Å²) in [6.45, 7) is 3.21. The third-order valence-electron chi connectivity index (χ3n) is 5.13. The molecule has 0 bridgehead atoms. The molecule has 1 aliphatic rings. The maximum absolute atomic E-state index is 12.1. The van der Waals surface area contributed by atoms with Crippen LogP contribution in [0, 0.1) is 0 Å². The van der Waals surface area contributed by atoms with Gasteiger partial charge in [0.05, 0.1) is 6.54 Å². The smallest absolute Gasteiger partial charge is 0.319 e. The number of likely N-dealkylation sites (N-methyl/N-ethyl adjacent to an activating group) is 1. The van der Waals surface area contributed by atoms with Crippen LogP contribution in [-0.4, -0.2) is 90.5 Å². The number of amides is 3. The second kappa shape index (κ2) is 9.53. The van der Waals surface area contributed by atoms with E-state index in [0.29, 0.717) is 38.7 Å². The molecule has 0 unspecified atom stereocenters. The van der Waals surface area contributed by atoms with Gasteiger partial charge < -0.3 is 25.3 Å². The molecule has 1 aromatic heterocycles. The second-order valence-corrected chi connectivity index (χ2v) is 7.58. The average molecular weight is 412 g/mol. The minimum Gasteiger partial charge on any atom is -0.340 e. The Kier molecular flexibility index (Phi) is 6.83. The Morgan fingerprint density at radius 3 is 2.30 bits per heavy atom. The lowest BCUT2D eigenvalue weighted by molar-refractivity contribution is -0.128. The molecule has 2 heterocycles. The molecule has 1 aromatic carbocycles. The van der Waals surface area contributed by atoms with Crippen LogP contribution >= 0.6 is 0 Å². The zero-order chi connectivity index (χ0) is 21.7. The standard InChI is InChI=1S/C21H29N7O2/c1-25(2)21(30)28-9-7-27(8-10-28)20-23-13-18(14-24-20)17-6-4-5-16(11-17)15-26(3)19(29)12-22/h4-6,11,13-14H,7-10,12,15,22H2,1-3H3. The molecule has 0 atom stereocenters. The van der Waals surface area contributed by atoms with Crippen LogP contribution in [0.5, 0.6) is 0 Å². The van der Waals surface area contributed by atoms with E-state index >= 15 is 0 Å². The molecule has 3 rings (SSSR count). The lowest BCUT2D eigenvalue weighted by Crippen LogP contribution is -2.51. The Morgan fingerprint density at radius 2 is 1.70 bits per heavy atom. The minimum atomic E-state index is -0.0968. The van der Waals surface area contributed by atoms with Crippen molar-refractivity contribution in [2.24, 2.45) is 5.73 Å². The number of nitrogens with zero attached hydrogens (tertiary/aromatic N) is 6. The van der Waals surface area contributed by atoms with Crippen molar-refractivity contribution in [3.8, 4) is 11.1 Å². The fourth-order valence-corrected chi connectivity index (χ4v) is 3.38. The van der Waals surface area contributed by atoms with Gasteiger partial charge in [0.2, 0.25) is 11.9 Å². The van der Waals surface area contributed by atoms with E-state index in [0.717, 1.165) is 16.7 Å². The highest BCUT2D eigenvalue weighted by Crippen LogP contribution is 2.21. The molecule has 1 aliphatic heterocycles. The van der Waals surface area contributed by atoms with E-state index in [1.807, 2.05) is 41.6 Å². The van der Waals surface area contributed by atoms with Crippen LogP contribution in [0.15, 0.2) is 36.7 Å². The molecule has 9 heteroatoms. The van der Waals surface area contributed by atoms with Gasteiger partial charge in [0, 0.05) is 71.8 Å². The van der Waals surface area contributed by atoms with E-state index in [-0.39, 0.29) is 18.5 Å². The monoisotopic (exact) mass is 411 g/mol. The molecule has 2 aromatic rings. The molecular formula is C21H29N7O2. The third-order valence-corrected chi connectivity index (χ3v) is 5.13. The molecule has 9 nitrogen and oxygen atoms in total. The number of hydrogen-bond acceptors (Lipinski definition) is 6. The second-order valence-electron chi connectivity index (χ2n) is 7.58. The fraction of sp³-hybridized carbons (Fsp3) is 0.429. The lowest BCUT2D eigenvalue weighted by atomic mass is 10.1. The molecule has 0 saturated carbocycles. The maximum atomic E-state index is 12.1. The molecule has 0 radical (unpaired) electrons. The van der Waals surface area contributed by atoms with Crippen molar-refractivity contribution in [2.75, 3.05) is 58.8 Å². The maximum Gasteiger partial charge on any atom is 0.319 e. The predicted octanol–water partition coefficient (Wildman–Crippen LogP) is 0.864. The van der Waals surface area contributed by atoms with Crippen molar-refractivity contribution in [1.82, 2.24) is 24.7 Å². The molecule has 3 amide bonds. The van der Waals surface area contributed by atoms with Gasteiger partial charge in [0.15, 0.2) is 0 Å². The summed E-state index contributed by atoms with van der Waals surface area (Å²) < 4.78 is 0. The first kappa shape index (κ1) is 21.5. The first-order chi connectivity index (χ1) is 14.4. The van der Waals surface area contributed by atoms with Crippen molar-refractivity contribution in [1.29, 1.82) is 0 Å². The largest absolute Gasteiger partial charge is 0.340 e. The van der Waals surface area contributed by atoms with E-state index in [4.69, 9.17) is 5.73 Å². The summed E-state index contributed by atoms with van der Waals surface area (Å²) in [7, 11) is 5.27. The SMILES string of the molecule is CN(C)C(=O)N1CCN(c2ncc(-c3cccc(CN(C)C(=O)CN)c3)cn2)CC1. The van der Waals surface area contributed by atoms with Gasteiger partial charge in [-0.3, -0.25) is 4.79 Å². The molecule has 30 heavy (non-hydrogen) atoms. The number of hydrogen-bond donors (Lipinski definition) is 1. The van der Waals surface area contributed by atoms with Gasteiger partial charge in [-0.1, -0.05) is 18.2 Å². The zero-order valence-corrected chi connectivity index (χ0v) is 17.8. The van der Waals surface area contributed by atoms with Crippen molar-refractivity contribution in [3.05, 3.63) is 42.2 Å². The number of aromatic nitrogens is 2. The Morgan fingerprint density at radius 1 is 1.03 bits per heavy atom. The van der Waals surface area contributed by atoms with Gasteiger partial charge in [-0.05, 0) is 17.2 Å². The van der Waals surface area contributed by atoms with E-state index in [1.54, 1.807) is 30.9 Å². The number of nitrogens with two attached hydrogens (primary N) is 1. The van der Waals surface area contributed by atoms with Gasteiger partial charge in [0.1, 0.15) is 0 Å². The number of urea groups is 1. The Hall–Kier alpha value is -3.20. The van der Waals surface area contributed by atoms with Crippen LogP contribution in [0.25, 0.3) is 11.1 Å². The van der Waals surface area contributed by atoms with Gasteiger partial charge in [-0.25, -0.2) is 14.8 Å². The van der Waals surface area contributed by atoms with Crippen LogP contribution in [0.3, 0.4) is 0 Å². The molecule has 160 valence electrons. The number of rotatable bonds is 5. The van der Waals surface area contributed by atoms with Crippen molar-refractivity contribution in [2.45, 2.75) is 6.54 Å². The van der Waals surface area contributed by atoms with Gasteiger partial charge in [-0.15, -0.1) is 0 Å². The number of anilines is 1. The quantitative estimate of drug-likeness (QED) is 0.784. The zero-order valence-electron chi connectivity index (χ0n) is 17.8.